The molecule has 1 heterocycles. The number of benzene rings is 4. The van der Waals surface area contributed by atoms with Gasteiger partial charge in [0.15, 0.2) is 0 Å². The molecule has 9 heteroatoms. The van der Waals surface area contributed by atoms with E-state index in [2.05, 4.69) is 10.6 Å². The van der Waals surface area contributed by atoms with Crippen molar-refractivity contribution in [3.63, 3.8) is 0 Å². The maximum absolute atomic E-state index is 13.1. The average Bonchev–Trinajstić information content (AvgIpc) is 3.18. The van der Waals surface area contributed by atoms with Gasteiger partial charge in [-0.2, -0.15) is 0 Å². The van der Waals surface area contributed by atoms with Crippen molar-refractivity contribution in [1.29, 1.82) is 0 Å². The summed E-state index contributed by atoms with van der Waals surface area (Å²) in [6.07, 6.45) is 0. The zero-order valence-corrected chi connectivity index (χ0v) is 22.1. The Kier molecular flexibility index (Phi) is 7.80. The van der Waals surface area contributed by atoms with E-state index in [-0.39, 0.29) is 16.6 Å². The maximum atomic E-state index is 13.1. The van der Waals surface area contributed by atoms with Crippen LogP contribution in [0.3, 0.4) is 0 Å². The van der Waals surface area contributed by atoms with Crippen LogP contribution in [0.2, 0.25) is 0 Å². The van der Waals surface area contributed by atoms with Gasteiger partial charge in [0.2, 0.25) is 0 Å². The van der Waals surface area contributed by atoms with E-state index in [4.69, 9.17) is 21.1 Å². The summed E-state index contributed by atoms with van der Waals surface area (Å²) in [6, 6.07) is 29.3. The normalized spacial score (nSPS) is 12.9. The van der Waals surface area contributed by atoms with Crippen molar-refractivity contribution < 1.29 is 23.9 Å². The van der Waals surface area contributed by atoms with Crippen LogP contribution >= 0.6 is 11.6 Å². The van der Waals surface area contributed by atoms with Crippen LogP contribution in [0.4, 0.5) is 17.1 Å². The molecule has 0 atom stereocenters. The van der Waals surface area contributed by atoms with Crippen molar-refractivity contribution >= 4 is 46.4 Å². The molecule has 2 N–H and O–H groups in total. The summed E-state index contributed by atoms with van der Waals surface area (Å²) in [4.78, 5) is 39.6. The van der Waals surface area contributed by atoms with Crippen molar-refractivity contribution in [3.8, 4) is 17.2 Å². The Bertz CT molecular complexity index is 1570. The van der Waals surface area contributed by atoms with Crippen molar-refractivity contribution in [2.45, 2.75) is 6.92 Å². The standard InChI is InChI=1S/C31H24ClN3O5/c1-2-39-24-16-12-22(13-17-24)34-29(36)20-8-10-21(11-9-20)33-28-27(32)30(37)35(31(28)38)23-14-18-26(19-15-23)40-25-6-4-3-5-7-25/h3-19,33H,2H2,1H3,(H,34,36). The number of nitrogens with zero attached hydrogens (tertiary/aromatic N) is 1. The van der Waals surface area contributed by atoms with Crippen LogP contribution in [-0.4, -0.2) is 24.3 Å². The van der Waals surface area contributed by atoms with E-state index in [1.54, 1.807) is 72.8 Å². The lowest BCUT2D eigenvalue weighted by molar-refractivity contribution is -0.120. The first-order valence-corrected chi connectivity index (χ1v) is 12.8. The van der Waals surface area contributed by atoms with E-state index in [9.17, 15) is 14.4 Å². The summed E-state index contributed by atoms with van der Waals surface area (Å²) in [5, 5.41) is 5.51. The monoisotopic (exact) mass is 553 g/mol. The number of halogens is 1. The fourth-order valence-electron chi connectivity index (χ4n) is 3.99. The van der Waals surface area contributed by atoms with Gasteiger partial charge in [0.25, 0.3) is 17.7 Å². The number of ether oxygens (including phenoxy) is 2. The van der Waals surface area contributed by atoms with Crippen LogP contribution in [0, 0.1) is 0 Å². The Morgan fingerprint density at radius 2 is 1.35 bits per heavy atom. The highest BCUT2D eigenvalue weighted by atomic mass is 35.5. The minimum absolute atomic E-state index is 0.0529. The molecule has 0 fully saturated rings. The number of carbonyl (C=O) groups is 3. The van der Waals surface area contributed by atoms with Gasteiger partial charge in [0.1, 0.15) is 28.0 Å². The molecule has 5 rings (SSSR count). The lowest BCUT2D eigenvalue weighted by Gasteiger charge is -2.16. The van der Waals surface area contributed by atoms with Gasteiger partial charge in [-0.15, -0.1) is 0 Å². The van der Waals surface area contributed by atoms with Gasteiger partial charge < -0.3 is 20.1 Å². The molecule has 1 aliphatic rings. The summed E-state index contributed by atoms with van der Waals surface area (Å²) in [7, 11) is 0. The third-order valence-corrected chi connectivity index (χ3v) is 6.29. The first-order valence-electron chi connectivity index (χ1n) is 12.5. The molecular formula is C31H24ClN3O5. The molecule has 0 saturated carbocycles. The Morgan fingerprint density at radius 1 is 0.750 bits per heavy atom. The first-order chi connectivity index (χ1) is 19.4. The topological polar surface area (TPSA) is 97.0 Å². The van der Waals surface area contributed by atoms with Crippen LogP contribution in [-0.2, 0) is 9.59 Å². The second kappa shape index (κ2) is 11.8. The van der Waals surface area contributed by atoms with Gasteiger partial charge in [-0.1, -0.05) is 29.8 Å². The van der Waals surface area contributed by atoms with Gasteiger partial charge in [-0.3, -0.25) is 14.4 Å². The van der Waals surface area contributed by atoms with E-state index in [0.717, 1.165) is 10.6 Å². The van der Waals surface area contributed by atoms with Crippen molar-refractivity contribution in [2.75, 3.05) is 22.1 Å². The smallest absolute Gasteiger partial charge is 0.283 e. The maximum Gasteiger partial charge on any atom is 0.283 e. The van der Waals surface area contributed by atoms with Crippen molar-refractivity contribution in [1.82, 2.24) is 0 Å². The third-order valence-electron chi connectivity index (χ3n) is 5.94. The Morgan fingerprint density at radius 3 is 2.00 bits per heavy atom. The largest absolute Gasteiger partial charge is 0.494 e. The molecule has 0 saturated heterocycles. The van der Waals surface area contributed by atoms with Crippen LogP contribution in [0.25, 0.3) is 0 Å². The lowest BCUT2D eigenvalue weighted by Crippen LogP contribution is -2.32. The summed E-state index contributed by atoms with van der Waals surface area (Å²) >= 11 is 6.27. The first kappa shape index (κ1) is 26.5. The molecule has 3 amide bonds. The molecule has 0 aromatic heterocycles. The molecule has 0 aliphatic carbocycles. The lowest BCUT2D eigenvalue weighted by atomic mass is 10.2. The fraction of sp³-hybridized carbons (Fsp3) is 0.0645. The molecule has 200 valence electrons. The Labute approximate surface area is 235 Å². The van der Waals surface area contributed by atoms with Gasteiger partial charge >= 0.3 is 0 Å². The van der Waals surface area contributed by atoms with Crippen LogP contribution in [0.1, 0.15) is 17.3 Å². The highest BCUT2D eigenvalue weighted by molar-refractivity contribution is 6.53. The minimum Gasteiger partial charge on any atom is -0.494 e. The van der Waals surface area contributed by atoms with E-state index in [0.29, 0.717) is 40.7 Å². The second-order valence-corrected chi connectivity index (χ2v) is 9.04. The van der Waals surface area contributed by atoms with Gasteiger partial charge in [0, 0.05) is 16.9 Å². The van der Waals surface area contributed by atoms with Crippen LogP contribution in [0.15, 0.2) is 114 Å². The number of carbonyl (C=O) groups excluding carboxylic acids is 3. The molecule has 0 unspecified atom stereocenters. The molecule has 1 aliphatic heterocycles. The zero-order chi connectivity index (χ0) is 28.1. The predicted molar refractivity (Wildman–Crippen MR) is 154 cm³/mol. The predicted octanol–water partition coefficient (Wildman–Crippen LogP) is 6.57. The number of anilines is 3. The number of imide groups is 1. The summed E-state index contributed by atoms with van der Waals surface area (Å²) in [6.45, 7) is 2.46. The number of amides is 3. The fourth-order valence-corrected chi connectivity index (χ4v) is 4.20. The van der Waals surface area contributed by atoms with E-state index in [1.165, 1.54) is 0 Å². The van der Waals surface area contributed by atoms with Crippen LogP contribution in [0.5, 0.6) is 17.2 Å². The average molecular weight is 554 g/mol. The molecule has 4 aromatic rings. The number of rotatable bonds is 9. The summed E-state index contributed by atoms with van der Waals surface area (Å²) in [5.74, 6) is 0.404. The molecule has 0 spiro atoms. The van der Waals surface area contributed by atoms with E-state index >= 15 is 0 Å². The Balaban J connectivity index is 1.23. The quantitative estimate of drug-likeness (QED) is 0.228. The van der Waals surface area contributed by atoms with Crippen molar-refractivity contribution in [2.24, 2.45) is 0 Å². The molecule has 0 radical (unpaired) electrons. The number of hydrogen-bond donors (Lipinski definition) is 2. The van der Waals surface area contributed by atoms with Gasteiger partial charge in [0.05, 0.1) is 12.3 Å². The minimum atomic E-state index is -0.641. The van der Waals surface area contributed by atoms with Gasteiger partial charge in [-0.05, 0) is 91.9 Å². The second-order valence-electron chi connectivity index (χ2n) is 8.66. The van der Waals surface area contributed by atoms with Crippen molar-refractivity contribution in [3.05, 3.63) is 119 Å². The molecular weight excluding hydrogens is 530 g/mol. The molecule has 40 heavy (non-hydrogen) atoms. The molecule has 4 aromatic carbocycles. The Hall–Kier alpha value is -5.08. The van der Waals surface area contributed by atoms with E-state index in [1.807, 2.05) is 37.3 Å². The molecule has 8 nitrogen and oxygen atoms in total. The van der Waals surface area contributed by atoms with Crippen LogP contribution < -0.4 is 25.0 Å². The number of hydrogen-bond acceptors (Lipinski definition) is 6. The van der Waals surface area contributed by atoms with Gasteiger partial charge in [-0.25, -0.2) is 4.90 Å². The third kappa shape index (κ3) is 5.82. The molecule has 0 bridgehead atoms. The van der Waals surface area contributed by atoms with E-state index < -0.39 is 11.8 Å². The summed E-state index contributed by atoms with van der Waals surface area (Å²) in [5.41, 5.74) is 1.82. The highest BCUT2D eigenvalue weighted by Crippen LogP contribution is 2.32. The number of nitrogens with one attached hydrogen (secondary N) is 2. The summed E-state index contributed by atoms with van der Waals surface area (Å²) < 4.78 is 11.2. The SMILES string of the molecule is CCOc1ccc(NC(=O)c2ccc(NC3=C(Cl)C(=O)N(c4ccc(Oc5ccccc5)cc4)C3=O)cc2)cc1. The highest BCUT2D eigenvalue weighted by Gasteiger charge is 2.39. The number of para-hydroxylation sites is 1. The zero-order valence-electron chi connectivity index (χ0n) is 21.4.